The summed E-state index contributed by atoms with van der Waals surface area (Å²) in [7, 11) is 0. The zero-order valence-corrected chi connectivity index (χ0v) is 15.5. The fraction of sp³-hybridized carbons (Fsp3) is 0.286. The highest BCUT2D eigenvalue weighted by molar-refractivity contribution is 6.31. The maximum Gasteiger partial charge on any atom is 0.270 e. The van der Waals surface area contributed by atoms with Crippen LogP contribution in [0.25, 0.3) is 10.9 Å². The number of fused-ring (bicyclic) bond motifs is 1. The number of carbonyl (C=O) groups excluding carboxylic acids is 1. The standard InChI is InChI=1S/C21H22ClN3O/c1-15(17-7-3-4-8-18(17)22)24-10-12-25(13-11-24)21(26)20-14-16-6-2-5-9-19(16)23-20/h2-9,14-15,23H,10-13H2,1H3. The summed E-state index contributed by atoms with van der Waals surface area (Å²) in [5, 5.41) is 1.87. The minimum absolute atomic E-state index is 0.0752. The van der Waals surface area contributed by atoms with E-state index >= 15 is 0 Å². The van der Waals surface area contributed by atoms with Crippen LogP contribution in [0.5, 0.6) is 0 Å². The van der Waals surface area contributed by atoms with Gasteiger partial charge in [0.2, 0.25) is 0 Å². The van der Waals surface area contributed by atoms with Crippen molar-refractivity contribution in [2.24, 2.45) is 0 Å². The first-order valence-electron chi connectivity index (χ1n) is 8.99. The van der Waals surface area contributed by atoms with Gasteiger partial charge in [0.05, 0.1) is 0 Å². The van der Waals surface area contributed by atoms with Crippen molar-refractivity contribution in [2.45, 2.75) is 13.0 Å². The number of nitrogens with one attached hydrogen (secondary N) is 1. The van der Waals surface area contributed by atoms with E-state index in [1.807, 2.05) is 53.4 Å². The number of H-pyrrole nitrogens is 1. The predicted octanol–water partition coefficient (Wildman–Crippen LogP) is 4.34. The number of aromatic nitrogens is 1. The third kappa shape index (κ3) is 3.22. The molecule has 0 saturated carbocycles. The molecular formula is C21H22ClN3O. The lowest BCUT2D eigenvalue weighted by molar-refractivity contribution is 0.0577. The third-order valence-corrected chi connectivity index (χ3v) is 5.61. The van der Waals surface area contributed by atoms with E-state index in [1.54, 1.807) is 0 Å². The molecule has 4 rings (SSSR count). The van der Waals surface area contributed by atoms with Gasteiger partial charge >= 0.3 is 0 Å². The van der Waals surface area contributed by atoms with Gasteiger partial charge in [-0.15, -0.1) is 0 Å². The molecule has 2 aromatic carbocycles. The molecule has 1 aromatic heterocycles. The van der Waals surface area contributed by atoms with E-state index in [0.29, 0.717) is 5.69 Å². The van der Waals surface area contributed by atoms with Gasteiger partial charge in [0, 0.05) is 48.1 Å². The van der Waals surface area contributed by atoms with Gasteiger partial charge in [0.15, 0.2) is 0 Å². The maximum absolute atomic E-state index is 12.8. The smallest absolute Gasteiger partial charge is 0.270 e. The van der Waals surface area contributed by atoms with Crippen LogP contribution in [-0.4, -0.2) is 46.9 Å². The van der Waals surface area contributed by atoms with Gasteiger partial charge in [-0.3, -0.25) is 9.69 Å². The summed E-state index contributed by atoms with van der Waals surface area (Å²) < 4.78 is 0. The molecule has 5 heteroatoms. The highest BCUT2D eigenvalue weighted by Gasteiger charge is 2.26. The van der Waals surface area contributed by atoms with Crippen molar-refractivity contribution < 1.29 is 4.79 Å². The largest absolute Gasteiger partial charge is 0.351 e. The zero-order chi connectivity index (χ0) is 18.1. The number of aromatic amines is 1. The summed E-state index contributed by atoms with van der Waals surface area (Å²) in [6.45, 7) is 5.32. The highest BCUT2D eigenvalue weighted by atomic mass is 35.5. The molecule has 1 saturated heterocycles. The van der Waals surface area contributed by atoms with Crippen LogP contribution in [0.2, 0.25) is 5.02 Å². The van der Waals surface area contributed by atoms with E-state index in [-0.39, 0.29) is 11.9 Å². The van der Waals surface area contributed by atoms with Crippen LogP contribution in [0.3, 0.4) is 0 Å². The number of para-hydroxylation sites is 1. The second kappa shape index (κ2) is 7.14. The summed E-state index contributed by atoms with van der Waals surface area (Å²) in [6, 6.07) is 18.1. The van der Waals surface area contributed by atoms with Gasteiger partial charge in [0.25, 0.3) is 5.91 Å². The van der Waals surface area contributed by atoms with Crippen LogP contribution in [0, 0.1) is 0 Å². The Morgan fingerprint density at radius 1 is 1.04 bits per heavy atom. The Bertz CT molecular complexity index is 895. The van der Waals surface area contributed by atoms with Crippen LogP contribution in [-0.2, 0) is 0 Å². The molecule has 4 nitrogen and oxygen atoms in total. The van der Waals surface area contributed by atoms with Crippen molar-refractivity contribution in [3.8, 4) is 0 Å². The minimum Gasteiger partial charge on any atom is -0.351 e. The Morgan fingerprint density at radius 2 is 1.73 bits per heavy atom. The molecule has 1 aliphatic rings. The molecule has 1 atom stereocenters. The highest BCUT2D eigenvalue weighted by Crippen LogP contribution is 2.28. The Kier molecular flexibility index (Phi) is 4.70. The normalized spacial score (nSPS) is 16.8. The van der Waals surface area contributed by atoms with Gasteiger partial charge in [-0.2, -0.15) is 0 Å². The summed E-state index contributed by atoms with van der Waals surface area (Å²) in [5.74, 6) is 0.0752. The average Bonchev–Trinajstić information content (AvgIpc) is 3.11. The van der Waals surface area contributed by atoms with E-state index in [1.165, 1.54) is 0 Å². The van der Waals surface area contributed by atoms with Crippen LogP contribution in [0.1, 0.15) is 29.0 Å². The van der Waals surface area contributed by atoms with Crippen LogP contribution < -0.4 is 0 Å². The van der Waals surface area contributed by atoms with Gasteiger partial charge in [-0.05, 0) is 30.7 Å². The second-order valence-corrected chi connectivity index (χ2v) is 7.20. The number of halogens is 1. The molecule has 134 valence electrons. The number of benzene rings is 2. The molecule has 0 bridgehead atoms. The fourth-order valence-electron chi connectivity index (χ4n) is 3.68. The molecule has 0 aliphatic carbocycles. The lowest BCUT2D eigenvalue weighted by atomic mass is 10.1. The molecule has 3 aromatic rings. The van der Waals surface area contributed by atoms with Crippen molar-refractivity contribution in [1.82, 2.24) is 14.8 Å². The summed E-state index contributed by atoms with van der Waals surface area (Å²) >= 11 is 6.34. The number of amides is 1. The van der Waals surface area contributed by atoms with Gasteiger partial charge in [0.1, 0.15) is 5.69 Å². The van der Waals surface area contributed by atoms with E-state index < -0.39 is 0 Å². The predicted molar refractivity (Wildman–Crippen MR) is 106 cm³/mol. The Balaban J connectivity index is 1.43. The van der Waals surface area contributed by atoms with Crippen LogP contribution in [0.4, 0.5) is 0 Å². The zero-order valence-electron chi connectivity index (χ0n) is 14.8. The topological polar surface area (TPSA) is 39.3 Å². The van der Waals surface area contributed by atoms with E-state index in [0.717, 1.165) is 47.7 Å². The van der Waals surface area contributed by atoms with Crippen LogP contribution in [0.15, 0.2) is 54.6 Å². The third-order valence-electron chi connectivity index (χ3n) is 5.26. The summed E-state index contributed by atoms with van der Waals surface area (Å²) in [5.41, 5.74) is 2.81. The molecule has 0 spiro atoms. The number of hydrogen-bond donors (Lipinski definition) is 1. The Morgan fingerprint density at radius 3 is 2.46 bits per heavy atom. The van der Waals surface area contributed by atoms with Gasteiger partial charge in [-0.25, -0.2) is 0 Å². The van der Waals surface area contributed by atoms with Crippen molar-refractivity contribution >= 4 is 28.4 Å². The molecule has 1 amide bonds. The molecule has 1 unspecified atom stereocenters. The average molecular weight is 368 g/mol. The van der Waals surface area contributed by atoms with Crippen molar-refractivity contribution in [3.63, 3.8) is 0 Å². The molecule has 1 aliphatic heterocycles. The minimum atomic E-state index is 0.0752. The number of nitrogens with zero attached hydrogens (tertiary/aromatic N) is 2. The maximum atomic E-state index is 12.8. The molecule has 1 fully saturated rings. The molecule has 0 radical (unpaired) electrons. The van der Waals surface area contributed by atoms with Crippen molar-refractivity contribution in [2.75, 3.05) is 26.2 Å². The van der Waals surface area contributed by atoms with Crippen LogP contribution >= 0.6 is 11.6 Å². The Labute approximate surface area is 158 Å². The molecule has 26 heavy (non-hydrogen) atoms. The first-order chi connectivity index (χ1) is 12.6. The fourth-order valence-corrected chi connectivity index (χ4v) is 3.98. The monoisotopic (exact) mass is 367 g/mol. The lowest BCUT2D eigenvalue weighted by Crippen LogP contribution is -2.49. The molecule has 2 heterocycles. The first kappa shape index (κ1) is 17.1. The molecular weight excluding hydrogens is 346 g/mol. The quantitative estimate of drug-likeness (QED) is 0.747. The summed E-state index contributed by atoms with van der Waals surface area (Å²) in [4.78, 5) is 20.4. The van der Waals surface area contributed by atoms with E-state index in [2.05, 4.69) is 22.9 Å². The molecule has 1 N–H and O–H groups in total. The van der Waals surface area contributed by atoms with E-state index in [4.69, 9.17) is 11.6 Å². The van der Waals surface area contributed by atoms with E-state index in [9.17, 15) is 4.79 Å². The number of piperazine rings is 1. The SMILES string of the molecule is CC(c1ccccc1Cl)N1CCN(C(=O)c2cc3ccccc3[nH]2)CC1. The number of hydrogen-bond acceptors (Lipinski definition) is 2. The van der Waals surface area contributed by atoms with Gasteiger partial charge < -0.3 is 9.88 Å². The first-order valence-corrected chi connectivity index (χ1v) is 9.37. The number of rotatable bonds is 3. The van der Waals surface area contributed by atoms with Crippen molar-refractivity contribution in [1.29, 1.82) is 0 Å². The van der Waals surface area contributed by atoms with Crippen molar-refractivity contribution in [3.05, 3.63) is 70.9 Å². The number of carbonyl (C=O) groups is 1. The Hall–Kier alpha value is -2.30. The summed E-state index contributed by atoms with van der Waals surface area (Å²) in [6.07, 6.45) is 0. The lowest BCUT2D eigenvalue weighted by Gasteiger charge is -2.38. The second-order valence-electron chi connectivity index (χ2n) is 6.80. The van der Waals surface area contributed by atoms with Gasteiger partial charge in [-0.1, -0.05) is 48.0 Å².